The number of rotatable bonds is 4. The van der Waals surface area contributed by atoms with Crippen molar-refractivity contribution < 1.29 is 23.1 Å². The van der Waals surface area contributed by atoms with Gasteiger partial charge in [0.15, 0.2) is 0 Å². The van der Waals surface area contributed by atoms with Crippen LogP contribution in [0.3, 0.4) is 0 Å². The van der Waals surface area contributed by atoms with Crippen LogP contribution in [0.1, 0.15) is 40.9 Å². The number of hydrogen-bond donors (Lipinski definition) is 1. The summed E-state index contributed by atoms with van der Waals surface area (Å²) in [4.78, 5) is 13.9. The standard InChI is InChI=1S/C26H22F3N3O2/c1-26(2,34)19-8-15(7-17-11-31(3)30-24(17)19)18-10-21(28)16(9-22(18)29)13-32-12-14-5-4-6-20(27)23(14)25(32)33/h4-11,34H,12-13H2,1-3H3. The molecule has 5 nitrogen and oxygen atoms in total. The smallest absolute Gasteiger partial charge is 0.257 e. The second-order valence-electron chi connectivity index (χ2n) is 9.18. The van der Waals surface area contributed by atoms with Crippen LogP contribution in [0.15, 0.2) is 48.7 Å². The Morgan fingerprint density at radius 2 is 1.82 bits per heavy atom. The maximum Gasteiger partial charge on any atom is 0.257 e. The SMILES string of the molecule is Cn1cc2cc(-c3cc(F)c(CN4Cc5cccc(F)c5C4=O)cc3F)cc(C(C)(C)O)c2n1. The van der Waals surface area contributed by atoms with E-state index in [2.05, 4.69) is 5.10 Å². The molecule has 1 N–H and O–H groups in total. The van der Waals surface area contributed by atoms with Crippen molar-refractivity contribution in [2.24, 2.45) is 7.05 Å². The maximum absolute atomic E-state index is 15.2. The van der Waals surface area contributed by atoms with Gasteiger partial charge in [-0.25, -0.2) is 13.2 Å². The number of nitrogens with zero attached hydrogens (tertiary/aromatic N) is 3. The van der Waals surface area contributed by atoms with Gasteiger partial charge in [0.1, 0.15) is 17.5 Å². The van der Waals surface area contributed by atoms with Gasteiger partial charge in [-0.3, -0.25) is 9.48 Å². The van der Waals surface area contributed by atoms with E-state index in [1.54, 1.807) is 50.0 Å². The molecular formula is C26H22F3N3O2. The van der Waals surface area contributed by atoms with Gasteiger partial charge >= 0.3 is 0 Å². The molecule has 3 aromatic carbocycles. The number of hydrogen-bond acceptors (Lipinski definition) is 3. The zero-order valence-electron chi connectivity index (χ0n) is 18.9. The molecule has 2 heterocycles. The predicted octanol–water partition coefficient (Wildman–Crippen LogP) is 5.04. The lowest BCUT2D eigenvalue weighted by Crippen LogP contribution is -2.24. The van der Waals surface area contributed by atoms with Gasteiger partial charge < -0.3 is 10.0 Å². The summed E-state index contributed by atoms with van der Waals surface area (Å²) in [6.07, 6.45) is 1.74. The summed E-state index contributed by atoms with van der Waals surface area (Å²) in [5.74, 6) is -2.53. The molecule has 0 unspecified atom stereocenters. The van der Waals surface area contributed by atoms with E-state index in [4.69, 9.17) is 0 Å². The van der Waals surface area contributed by atoms with Crippen LogP contribution in [-0.4, -0.2) is 25.7 Å². The number of fused-ring (bicyclic) bond motifs is 2. The number of amides is 1. The third-order valence-corrected chi connectivity index (χ3v) is 6.15. The van der Waals surface area contributed by atoms with Crippen LogP contribution >= 0.6 is 0 Å². The first-order valence-corrected chi connectivity index (χ1v) is 10.8. The Balaban J connectivity index is 1.52. The number of aromatic nitrogens is 2. The van der Waals surface area contributed by atoms with Crippen molar-refractivity contribution in [3.8, 4) is 11.1 Å². The van der Waals surface area contributed by atoms with Gasteiger partial charge in [0.05, 0.1) is 16.7 Å². The van der Waals surface area contributed by atoms with Gasteiger partial charge in [-0.2, -0.15) is 5.10 Å². The molecule has 0 saturated carbocycles. The normalized spacial score (nSPS) is 13.7. The van der Waals surface area contributed by atoms with Crippen LogP contribution in [0, 0.1) is 17.5 Å². The Bertz CT molecular complexity index is 1470. The minimum Gasteiger partial charge on any atom is -0.386 e. The quantitative estimate of drug-likeness (QED) is 0.459. The molecule has 5 rings (SSSR count). The first-order chi connectivity index (χ1) is 16.0. The number of benzene rings is 3. The van der Waals surface area contributed by atoms with Crippen LogP contribution < -0.4 is 0 Å². The Kier molecular flexibility index (Phi) is 5.02. The van der Waals surface area contributed by atoms with E-state index in [-0.39, 0.29) is 29.8 Å². The number of carbonyl (C=O) groups excluding carboxylic acids is 1. The summed E-state index contributed by atoms with van der Waals surface area (Å²) in [5, 5.41) is 15.7. The third kappa shape index (κ3) is 3.64. The van der Waals surface area contributed by atoms with E-state index < -0.39 is 29.0 Å². The van der Waals surface area contributed by atoms with E-state index >= 15 is 8.78 Å². The number of aliphatic hydroxyl groups is 1. The molecule has 174 valence electrons. The van der Waals surface area contributed by atoms with Crippen LogP contribution in [0.4, 0.5) is 13.2 Å². The summed E-state index contributed by atoms with van der Waals surface area (Å²) in [6, 6.07) is 9.82. The lowest BCUT2D eigenvalue weighted by atomic mass is 9.91. The van der Waals surface area contributed by atoms with Gasteiger partial charge in [0.2, 0.25) is 0 Å². The van der Waals surface area contributed by atoms with Crippen molar-refractivity contribution in [2.45, 2.75) is 32.5 Å². The summed E-state index contributed by atoms with van der Waals surface area (Å²) < 4.78 is 46.0. The largest absolute Gasteiger partial charge is 0.386 e. The number of aryl methyl sites for hydroxylation is 1. The number of carbonyl (C=O) groups is 1. The highest BCUT2D eigenvalue weighted by Crippen LogP contribution is 2.35. The molecule has 0 bridgehead atoms. The van der Waals surface area contributed by atoms with Gasteiger partial charge in [-0.1, -0.05) is 12.1 Å². The van der Waals surface area contributed by atoms with Crippen molar-refractivity contribution in [1.82, 2.24) is 14.7 Å². The average Bonchev–Trinajstić information content (AvgIpc) is 3.28. The van der Waals surface area contributed by atoms with Crippen LogP contribution in [0.2, 0.25) is 0 Å². The lowest BCUT2D eigenvalue weighted by Gasteiger charge is -2.20. The second-order valence-corrected chi connectivity index (χ2v) is 9.18. The Morgan fingerprint density at radius 3 is 2.53 bits per heavy atom. The van der Waals surface area contributed by atoms with Crippen molar-refractivity contribution >= 4 is 16.8 Å². The third-order valence-electron chi connectivity index (χ3n) is 6.15. The molecule has 1 aromatic heterocycles. The molecule has 4 aromatic rings. The molecule has 0 saturated heterocycles. The monoisotopic (exact) mass is 465 g/mol. The molecule has 0 spiro atoms. The van der Waals surface area contributed by atoms with Crippen molar-refractivity contribution in [3.05, 3.63) is 88.4 Å². The van der Waals surface area contributed by atoms with E-state index in [0.29, 0.717) is 27.6 Å². The van der Waals surface area contributed by atoms with Crippen molar-refractivity contribution in [2.75, 3.05) is 0 Å². The first kappa shape index (κ1) is 22.2. The van der Waals surface area contributed by atoms with Gasteiger partial charge in [0, 0.05) is 48.4 Å². The second kappa shape index (κ2) is 7.70. The molecule has 1 aliphatic rings. The molecule has 0 atom stereocenters. The maximum atomic E-state index is 15.2. The van der Waals surface area contributed by atoms with E-state index in [1.165, 1.54) is 17.0 Å². The summed E-state index contributed by atoms with van der Waals surface area (Å²) in [6.45, 7) is 3.15. The van der Waals surface area contributed by atoms with Gasteiger partial charge in [0.25, 0.3) is 5.91 Å². The lowest BCUT2D eigenvalue weighted by molar-refractivity contribution is 0.0760. The summed E-state index contributed by atoms with van der Waals surface area (Å²) in [7, 11) is 1.74. The minimum absolute atomic E-state index is 0.00650. The molecule has 0 aliphatic carbocycles. The zero-order chi connectivity index (χ0) is 24.4. The van der Waals surface area contributed by atoms with Crippen LogP contribution in [0.25, 0.3) is 22.0 Å². The van der Waals surface area contributed by atoms with Gasteiger partial charge in [-0.05, 0) is 55.3 Å². The van der Waals surface area contributed by atoms with Crippen molar-refractivity contribution in [3.63, 3.8) is 0 Å². The highest BCUT2D eigenvalue weighted by atomic mass is 19.1. The highest BCUT2D eigenvalue weighted by molar-refractivity contribution is 5.98. The topological polar surface area (TPSA) is 58.4 Å². The zero-order valence-corrected chi connectivity index (χ0v) is 18.9. The molecule has 0 radical (unpaired) electrons. The van der Waals surface area contributed by atoms with Crippen molar-refractivity contribution in [1.29, 1.82) is 0 Å². The Morgan fingerprint density at radius 1 is 1.06 bits per heavy atom. The fourth-order valence-electron chi connectivity index (χ4n) is 4.52. The Hall–Kier alpha value is -3.65. The fourth-order valence-corrected chi connectivity index (χ4v) is 4.52. The fraction of sp³-hybridized carbons (Fsp3) is 0.231. The Labute approximate surface area is 194 Å². The summed E-state index contributed by atoms with van der Waals surface area (Å²) in [5.41, 5.74) is 0.732. The minimum atomic E-state index is -1.25. The molecule has 1 amide bonds. The van der Waals surface area contributed by atoms with E-state index in [0.717, 1.165) is 12.1 Å². The van der Waals surface area contributed by atoms with Crippen LogP contribution in [-0.2, 0) is 25.7 Å². The molecule has 1 aliphatic heterocycles. The van der Waals surface area contributed by atoms with Crippen LogP contribution in [0.5, 0.6) is 0 Å². The van der Waals surface area contributed by atoms with E-state index in [1.807, 2.05) is 0 Å². The highest BCUT2D eigenvalue weighted by Gasteiger charge is 2.31. The molecule has 8 heteroatoms. The molecular weight excluding hydrogens is 443 g/mol. The van der Waals surface area contributed by atoms with E-state index in [9.17, 15) is 14.3 Å². The predicted molar refractivity (Wildman–Crippen MR) is 121 cm³/mol. The molecule has 34 heavy (non-hydrogen) atoms. The first-order valence-electron chi connectivity index (χ1n) is 10.8. The van der Waals surface area contributed by atoms with Gasteiger partial charge in [-0.15, -0.1) is 0 Å². The summed E-state index contributed by atoms with van der Waals surface area (Å²) >= 11 is 0. The molecule has 0 fully saturated rings. The average molecular weight is 465 g/mol. The number of halogens is 3.